The number of nitrogens with one attached hydrogen (secondary N) is 1. The molecule has 1 amide bonds. The summed E-state index contributed by atoms with van der Waals surface area (Å²) in [6.45, 7) is 2.59. The molecule has 0 bridgehead atoms. The maximum Gasteiger partial charge on any atom is 0.245 e. The van der Waals surface area contributed by atoms with Gasteiger partial charge in [0.25, 0.3) is 0 Å². The minimum absolute atomic E-state index is 0.155. The maximum absolute atomic E-state index is 14.1. The monoisotopic (exact) mass is 416 g/mol. The fraction of sp³-hybridized carbons (Fsp3) is 0.360. The van der Waals surface area contributed by atoms with Gasteiger partial charge in [0.1, 0.15) is 17.8 Å². The Bertz CT molecular complexity index is 1030. The number of H-pyrrole nitrogens is 1. The second-order valence-electron chi connectivity index (χ2n) is 8.28. The number of carbonyl (C=O) groups excluding carboxylic acids is 1. The van der Waals surface area contributed by atoms with Gasteiger partial charge in [0.2, 0.25) is 5.91 Å². The van der Waals surface area contributed by atoms with Crippen molar-refractivity contribution in [1.82, 2.24) is 19.8 Å². The molecule has 160 valence electrons. The Morgan fingerprint density at radius 2 is 1.81 bits per heavy atom. The van der Waals surface area contributed by atoms with E-state index in [1.165, 1.54) is 0 Å². The molecule has 31 heavy (non-hydrogen) atoms. The highest BCUT2D eigenvalue weighted by molar-refractivity contribution is 5.84. The molecule has 2 atom stereocenters. The number of imidazole rings is 1. The second kappa shape index (κ2) is 8.55. The largest absolute Gasteiger partial charge is 0.497 e. The number of aromatic amines is 1. The van der Waals surface area contributed by atoms with E-state index < -0.39 is 0 Å². The van der Waals surface area contributed by atoms with Crippen molar-refractivity contribution in [2.24, 2.45) is 0 Å². The van der Waals surface area contributed by atoms with E-state index in [0.29, 0.717) is 6.54 Å². The van der Waals surface area contributed by atoms with Crippen LogP contribution in [0.15, 0.2) is 60.9 Å². The molecule has 1 fully saturated rings. The first-order valence-electron chi connectivity index (χ1n) is 11.0. The average Bonchev–Trinajstić information content (AvgIpc) is 3.52. The molecule has 6 nitrogen and oxygen atoms in total. The first-order valence-corrected chi connectivity index (χ1v) is 11.0. The highest BCUT2D eigenvalue weighted by atomic mass is 16.5. The molecule has 1 saturated heterocycles. The molecule has 1 N–H and O–H groups in total. The first kappa shape index (κ1) is 19.8. The van der Waals surface area contributed by atoms with Crippen LogP contribution in [0.1, 0.15) is 47.4 Å². The minimum atomic E-state index is -0.259. The standard InChI is InChI=1S/C25H28N4O2/c1-31-20-11-9-19(10-12-20)23-22-21(26-17-27-22)13-16-29(23)25(30)24(28-14-5-6-15-28)18-7-3-2-4-8-18/h2-4,7-12,17,23-24H,5-6,13-16H2,1H3,(H,26,27). The van der Waals surface area contributed by atoms with Gasteiger partial charge < -0.3 is 14.6 Å². The average molecular weight is 417 g/mol. The third-order valence-electron chi connectivity index (χ3n) is 6.49. The summed E-state index contributed by atoms with van der Waals surface area (Å²) in [5.74, 6) is 0.960. The van der Waals surface area contributed by atoms with Crippen LogP contribution in [0.25, 0.3) is 0 Å². The van der Waals surface area contributed by atoms with E-state index in [9.17, 15) is 4.79 Å². The molecule has 2 aliphatic heterocycles. The molecule has 0 radical (unpaired) electrons. The molecule has 0 saturated carbocycles. The molecule has 0 spiro atoms. The zero-order valence-corrected chi connectivity index (χ0v) is 17.8. The number of amides is 1. The van der Waals surface area contributed by atoms with Crippen molar-refractivity contribution in [2.45, 2.75) is 31.3 Å². The van der Waals surface area contributed by atoms with Gasteiger partial charge in [0.15, 0.2) is 0 Å². The summed E-state index contributed by atoms with van der Waals surface area (Å²) in [6, 6.07) is 17.7. The van der Waals surface area contributed by atoms with Crippen LogP contribution in [0.3, 0.4) is 0 Å². The lowest BCUT2D eigenvalue weighted by Crippen LogP contribution is -2.47. The zero-order chi connectivity index (χ0) is 21.2. The van der Waals surface area contributed by atoms with Gasteiger partial charge in [0.05, 0.1) is 19.1 Å². The lowest BCUT2D eigenvalue weighted by molar-refractivity contribution is -0.139. The van der Waals surface area contributed by atoms with Gasteiger partial charge in [-0.3, -0.25) is 9.69 Å². The summed E-state index contributed by atoms with van der Waals surface area (Å²) >= 11 is 0. The van der Waals surface area contributed by atoms with Crippen molar-refractivity contribution in [1.29, 1.82) is 0 Å². The van der Waals surface area contributed by atoms with Crippen molar-refractivity contribution in [3.05, 3.63) is 83.4 Å². The maximum atomic E-state index is 14.1. The van der Waals surface area contributed by atoms with Gasteiger partial charge in [-0.2, -0.15) is 0 Å². The van der Waals surface area contributed by atoms with Gasteiger partial charge in [-0.1, -0.05) is 42.5 Å². The number of hydrogen-bond acceptors (Lipinski definition) is 4. The van der Waals surface area contributed by atoms with E-state index in [4.69, 9.17) is 4.74 Å². The van der Waals surface area contributed by atoms with Crippen molar-refractivity contribution >= 4 is 5.91 Å². The molecule has 3 heterocycles. The van der Waals surface area contributed by atoms with Crippen LogP contribution in [0.2, 0.25) is 0 Å². The Kier molecular flexibility index (Phi) is 5.47. The van der Waals surface area contributed by atoms with Gasteiger partial charge >= 0.3 is 0 Å². The number of hydrogen-bond donors (Lipinski definition) is 1. The van der Waals surface area contributed by atoms with E-state index in [0.717, 1.165) is 60.6 Å². The first-order chi connectivity index (χ1) is 15.3. The number of rotatable bonds is 5. The van der Waals surface area contributed by atoms with E-state index in [1.54, 1.807) is 13.4 Å². The van der Waals surface area contributed by atoms with Crippen LogP contribution in [-0.2, 0) is 11.2 Å². The second-order valence-corrected chi connectivity index (χ2v) is 8.28. The minimum Gasteiger partial charge on any atom is -0.497 e. The van der Waals surface area contributed by atoms with Gasteiger partial charge in [-0.25, -0.2) is 4.98 Å². The predicted octanol–water partition coefficient (Wildman–Crippen LogP) is 3.73. The Labute approximate surface area is 182 Å². The lowest BCUT2D eigenvalue weighted by atomic mass is 9.93. The van der Waals surface area contributed by atoms with Gasteiger partial charge in [0, 0.05) is 18.7 Å². The molecule has 2 unspecified atom stereocenters. The van der Waals surface area contributed by atoms with Crippen LogP contribution in [0.4, 0.5) is 0 Å². The van der Waals surface area contributed by atoms with Crippen LogP contribution < -0.4 is 4.74 Å². The predicted molar refractivity (Wildman–Crippen MR) is 119 cm³/mol. The molecule has 6 heteroatoms. The normalized spacial score (nSPS) is 19.8. The Hall–Kier alpha value is -3.12. The van der Waals surface area contributed by atoms with Crippen LogP contribution in [-0.4, -0.2) is 52.4 Å². The van der Waals surface area contributed by atoms with Gasteiger partial charge in [-0.05, 0) is 49.2 Å². The molecule has 2 aromatic carbocycles. The van der Waals surface area contributed by atoms with Crippen molar-refractivity contribution < 1.29 is 9.53 Å². The SMILES string of the molecule is COc1ccc(C2c3nc[nH]c3CCN2C(=O)C(c2ccccc2)N2CCCC2)cc1. The number of benzene rings is 2. The highest BCUT2D eigenvalue weighted by Gasteiger charge is 2.39. The third kappa shape index (κ3) is 3.72. The fourth-order valence-electron chi connectivity index (χ4n) is 4.94. The van der Waals surface area contributed by atoms with Crippen LogP contribution in [0.5, 0.6) is 5.75 Å². The molecule has 3 aromatic rings. The smallest absolute Gasteiger partial charge is 0.245 e. The summed E-state index contributed by atoms with van der Waals surface area (Å²) in [5.41, 5.74) is 4.17. The summed E-state index contributed by atoms with van der Waals surface area (Å²) < 4.78 is 5.34. The third-order valence-corrected chi connectivity index (χ3v) is 6.49. The molecule has 0 aliphatic carbocycles. The number of methoxy groups -OCH3 is 1. The Balaban J connectivity index is 1.54. The number of likely N-dealkylation sites (tertiary alicyclic amines) is 1. The number of aromatic nitrogens is 2. The molecular weight excluding hydrogens is 388 g/mol. The molecular formula is C25H28N4O2. The number of nitrogens with zero attached hydrogens (tertiary/aromatic N) is 3. The Morgan fingerprint density at radius 1 is 1.06 bits per heavy atom. The lowest BCUT2D eigenvalue weighted by Gasteiger charge is -2.39. The number of ether oxygens (including phenoxy) is 1. The van der Waals surface area contributed by atoms with E-state index in [1.807, 2.05) is 47.4 Å². The number of fused-ring (bicyclic) bond motifs is 1. The van der Waals surface area contributed by atoms with Crippen molar-refractivity contribution in [3.63, 3.8) is 0 Å². The molecule has 5 rings (SSSR count). The van der Waals surface area contributed by atoms with Crippen LogP contribution in [0, 0.1) is 0 Å². The topological polar surface area (TPSA) is 61.5 Å². The fourth-order valence-corrected chi connectivity index (χ4v) is 4.94. The van der Waals surface area contributed by atoms with Crippen molar-refractivity contribution in [2.75, 3.05) is 26.7 Å². The quantitative estimate of drug-likeness (QED) is 0.689. The van der Waals surface area contributed by atoms with E-state index in [-0.39, 0.29) is 18.0 Å². The van der Waals surface area contributed by atoms with Crippen LogP contribution >= 0.6 is 0 Å². The summed E-state index contributed by atoms with van der Waals surface area (Å²) in [6.07, 6.45) is 4.81. The molecule has 2 aliphatic rings. The highest BCUT2D eigenvalue weighted by Crippen LogP contribution is 2.37. The summed E-state index contributed by atoms with van der Waals surface area (Å²) in [7, 11) is 1.66. The van der Waals surface area contributed by atoms with Crippen molar-refractivity contribution in [3.8, 4) is 5.75 Å². The zero-order valence-electron chi connectivity index (χ0n) is 17.8. The van der Waals surface area contributed by atoms with Gasteiger partial charge in [-0.15, -0.1) is 0 Å². The Morgan fingerprint density at radius 3 is 2.52 bits per heavy atom. The molecule has 1 aromatic heterocycles. The van der Waals surface area contributed by atoms with E-state index in [2.05, 4.69) is 27.0 Å². The summed E-state index contributed by atoms with van der Waals surface area (Å²) in [4.78, 5) is 26.4. The number of carbonyl (C=O) groups is 1. The summed E-state index contributed by atoms with van der Waals surface area (Å²) in [5, 5.41) is 0. The van der Waals surface area contributed by atoms with E-state index >= 15 is 0 Å².